The maximum atomic E-state index is 12.9. The Kier molecular flexibility index (Phi) is 7.76. The first-order valence-electron chi connectivity index (χ1n) is 10.5. The molecule has 1 saturated heterocycles. The van der Waals surface area contributed by atoms with Crippen molar-refractivity contribution in [3.05, 3.63) is 65.5 Å². The number of amides is 2. The Labute approximate surface area is 172 Å². The van der Waals surface area contributed by atoms with Crippen LogP contribution in [0.5, 0.6) is 0 Å². The molecule has 1 N–H and O–H groups in total. The summed E-state index contributed by atoms with van der Waals surface area (Å²) in [6, 6.07) is 12.0. The van der Waals surface area contributed by atoms with E-state index in [-0.39, 0.29) is 11.8 Å². The molecule has 1 aromatic carbocycles. The number of piperazine rings is 1. The summed E-state index contributed by atoms with van der Waals surface area (Å²) in [5, 5.41) is 2.90. The summed E-state index contributed by atoms with van der Waals surface area (Å²) < 4.78 is 0. The van der Waals surface area contributed by atoms with Gasteiger partial charge in [0.2, 0.25) is 0 Å². The van der Waals surface area contributed by atoms with Crippen molar-refractivity contribution in [2.24, 2.45) is 0 Å². The molecule has 3 rings (SSSR count). The molecule has 29 heavy (non-hydrogen) atoms. The Hall–Kier alpha value is -2.73. The van der Waals surface area contributed by atoms with E-state index in [9.17, 15) is 9.59 Å². The molecule has 1 aliphatic heterocycles. The van der Waals surface area contributed by atoms with E-state index in [1.165, 1.54) is 11.8 Å². The number of nitrogens with zero attached hydrogens (tertiary/aromatic N) is 3. The Morgan fingerprint density at radius 1 is 1.00 bits per heavy atom. The smallest absolute Gasteiger partial charge is 0.255 e. The Morgan fingerprint density at radius 3 is 2.45 bits per heavy atom. The maximum absolute atomic E-state index is 12.9. The van der Waals surface area contributed by atoms with Crippen molar-refractivity contribution in [2.75, 3.05) is 32.7 Å². The summed E-state index contributed by atoms with van der Waals surface area (Å²) in [6.45, 7) is 6.71. The van der Waals surface area contributed by atoms with E-state index in [1.807, 2.05) is 11.0 Å². The monoisotopic (exact) mass is 394 g/mol. The highest BCUT2D eigenvalue weighted by Crippen LogP contribution is 2.12. The second-order valence-electron chi connectivity index (χ2n) is 7.48. The number of hydrogen-bond acceptors (Lipinski definition) is 4. The lowest BCUT2D eigenvalue weighted by Gasteiger charge is -2.34. The minimum Gasteiger partial charge on any atom is -0.352 e. The van der Waals surface area contributed by atoms with Crippen LogP contribution in [0.3, 0.4) is 0 Å². The van der Waals surface area contributed by atoms with Crippen LogP contribution in [-0.2, 0) is 6.54 Å². The Bertz CT molecular complexity index is 802. The molecule has 6 nitrogen and oxygen atoms in total. The van der Waals surface area contributed by atoms with Crippen LogP contribution in [-0.4, -0.2) is 59.3 Å². The first kappa shape index (κ1) is 21.0. The number of hydrogen-bond donors (Lipinski definition) is 1. The molecule has 0 aliphatic carbocycles. The van der Waals surface area contributed by atoms with Crippen LogP contribution < -0.4 is 5.32 Å². The second kappa shape index (κ2) is 10.7. The van der Waals surface area contributed by atoms with Gasteiger partial charge in [0.1, 0.15) is 0 Å². The number of carbonyl (C=O) groups is 2. The number of rotatable bonds is 8. The van der Waals surface area contributed by atoms with Crippen LogP contribution in [0.25, 0.3) is 0 Å². The van der Waals surface area contributed by atoms with Crippen molar-refractivity contribution in [1.82, 2.24) is 20.1 Å². The quantitative estimate of drug-likeness (QED) is 0.699. The van der Waals surface area contributed by atoms with Gasteiger partial charge in [0, 0.05) is 51.7 Å². The zero-order valence-corrected chi connectivity index (χ0v) is 17.1. The highest BCUT2D eigenvalue weighted by Gasteiger charge is 2.23. The number of carbonyl (C=O) groups excluding carboxylic acids is 2. The largest absolute Gasteiger partial charge is 0.352 e. The van der Waals surface area contributed by atoms with Crippen molar-refractivity contribution in [2.45, 2.75) is 32.7 Å². The van der Waals surface area contributed by atoms with Crippen LogP contribution >= 0.6 is 0 Å². The molecule has 2 amide bonds. The molecule has 1 aliphatic rings. The summed E-state index contributed by atoms with van der Waals surface area (Å²) >= 11 is 0. The zero-order valence-electron chi connectivity index (χ0n) is 17.1. The molecule has 1 fully saturated rings. The lowest BCUT2D eigenvalue weighted by Crippen LogP contribution is -2.48. The van der Waals surface area contributed by atoms with E-state index < -0.39 is 0 Å². The molecule has 1 aromatic heterocycles. The van der Waals surface area contributed by atoms with Gasteiger partial charge in [-0.3, -0.25) is 19.5 Å². The summed E-state index contributed by atoms with van der Waals surface area (Å²) in [5.41, 5.74) is 2.20. The third-order valence-electron chi connectivity index (χ3n) is 5.22. The summed E-state index contributed by atoms with van der Waals surface area (Å²) in [5.74, 6) is -0.228. The zero-order chi connectivity index (χ0) is 20.5. The summed E-state index contributed by atoms with van der Waals surface area (Å²) in [4.78, 5) is 33.5. The highest BCUT2D eigenvalue weighted by molar-refractivity contribution is 5.99. The molecule has 0 bridgehead atoms. The van der Waals surface area contributed by atoms with Gasteiger partial charge in [0.25, 0.3) is 11.8 Å². The van der Waals surface area contributed by atoms with E-state index >= 15 is 0 Å². The van der Waals surface area contributed by atoms with E-state index in [0.29, 0.717) is 30.8 Å². The lowest BCUT2D eigenvalue weighted by molar-refractivity contribution is 0.0628. The number of pyridine rings is 1. The molecule has 0 unspecified atom stereocenters. The molecule has 2 aromatic rings. The number of unbranched alkanes of at least 4 members (excludes halogenated alkanes) is 2. The highest BCUT2D eigenvalue weighted by atomic mass is 16.2. The molecule has 0 saturated carbocycles. The maximum Gasteiger partial charge on any atom is 0.255 e. The molecule has 0 spiro atoms. The van der Waals surface area contributed by atoms with Crippen molar-refractivity contribution < 1.29 is 9.59 Å². The van der Waals surface area contributed by atoms with E-state index in [2.05, 4.69) is 46.4 Å². The molecule has 0 radical (unpaired) electrons. The SMILES string of the molecule is CCCCCNC(=O)c1cncc(C(=O)N2CCN(Cc3ccccc3)CC2)c1. The normalized spacial score (nSPS) is 14.6. The summed E-state index contributed by atoms with van der Waals surface area (Å²) in [7, 11) is 0. The fraction of sp³-hybridized carbons (Fsp3) is 0.435. The van der Waals surface area contributed by atoms with Gasteiger partial charge in [-0.05, 0) is 18.1 Å². The fourth-order valence-electron chi connectivity index (χ4n) is 3.49. The van der Waals surface area contributed by atoms with Crippen molar-refractivity contribution in [1.29, 1.82) is 0 Å². The van der Waals surface area contributed by atoms with Crippen molar-refractivity contribution >= 4 is 11.8 Å². The average molecular weight is 395 g/mol. The third-order valence-corrected chi connectivity index (χ3v) is 5.22. The molecular weight excluding hydrogens is 364 g/mol. The Balaban J connectivity index is 1.52. The van der Waals surface area contributed by atoms with Gasteiger partial charge >= 0.3 is 0 Å². The summed E-state index contributed by atoms with van der Waals surface area (Å²) in [6.07, 6.45) is 6.23. The predicted molar refractivity (Wildman–Crippen MR) is 114 cm³/mol. The standard InChI is InChI=1S/C23H30N4O2/c1-2-3-7-10-25-22(28)20-15-21(17-24-16-20)23(29)27-13-11-26(12-14-27)18-19-8-5-4-6-9-19/h4-6,8-9,15-17H,2-3,7,10-14,18H2,1H3,(H,25,28). The number of benzene rings is 1. The van der Waals surface area contributed by atoms with Crippen molar-refractivity contribution in [3.8, 4) is 0 Å². The van der Waals surface area contributed by atoms with Crippen LogP contribution in [0.1, 0.15) is 52.5 Å². The van der Waals surface area contributed by atoms with Crippen LogP contribution in [0, 0.1) is 0 Å². The van der Waals surface area contributed by atoms with Gasteiger partial charge in [0.15, 0.2) is 0 Å². The van der Waals surface area contributed by atoms with Gasteiger partial charge in [0.05, 0.1) is 11.1 Å². The minimum atomic E-state index is -0.170. The van der Waals surface area contributed by atoms with Gasteiger partial charge in [-0.25, -0.2) is 0 Å². The van der Waals surface area contributed by atoms with Crippen molar-refractivity contribution in [3.63, 3.8) is 0 Å². The lowest BCUT2D eigenvalue weighted by atomic mass is 10.1. The number of aromatic nitrogens is 1. The van der Waals surface area contributed by atoms with E-state index in [1.54, 1.807) is 12.3 Å². The van der Waals surface area contributed by atoms with E-state index in [0.717, 1.165) is 38.9 Å². The van der Waals surface area contributed by atoms with Crippen LogP contribution in [0.15, 0.2) is 48.8 Å². The van der Waals surface area contributed by atoms with Gasteiger partial charge < -0.3 is 10.2 Å². The fourth-order valence-corrected chi connectivity index (χ4v) is 3.49. The molecular formula is C23H30N4O2. The third kappa shape index (κ3) is 6.12. The number of nitrogens with one attached hydrogen (secondary N) is 1. The molecule has 2 heterocycles. The first-order valence-corrected chi connectivity index (χ1v) is 10.5. The topological polar surface area (TPSA) is 65.5 Å². The van der Waals surface area contributed by atoms with Gasteiger partial charge in [-0.15, -0.1) is 0 Å². The van der Waals surface area contributed by atoms with Crippen LogP contribution in [0.4, 0.5) is 0 Å². The second-order valence-corrected chi connectivity index (χ2v) is 7.48. The average Bonchev–Trinajstić information content (AvgIpc) is 2.77. The molecule has 6 heteroatoms. The first-order chi connectivity index (χ1) is 14.2. The van der Waals surface area contributed by atoms with Gasteiger partial charge in [-0.1, -0.05) is 50.1 Å². The van der Waals surface area contributed by atoms with E-state index in [4.69, 9.17) is 0 Å². The van der Waals surface area contributed by atoms with Crippen LogP contribution in [0.2, 0.25) is 0 Å². The predicted octanol–water partition coefficient (Wildman–Crippen LogP) is 2.96. The van der Waals surface area contributed by atoms with Gasteiger partial charge in [-0.2, -0.15) is 0 Å². The molecule has 154 valence electrons. The molecule has 0 atom stereocenters. The minimum absolute atomic E-state index is 0.0579. The Morgan fingerprint density at radius 2 is 1.72 bits per heavy atom.